The number of nitrogen functional groups attached to an aromatic ring is 1. The third-order valence-electron chi connectivity index (χ3n) is 4.18. The van der Waals surface area contributed by atoms with Crippen molar-refractivity contribution in [1.29, 1.82) is 0 Å². The summed E-state index contributed by atoms with van der Waals surface area (Å²) in [6.07, 6.45) is 6.68. The van der Waals surface area contributed by atoms with Crippen molar-refractivity contribution in [2.24, 2.45) is 5.84 Å². The Morgan fingerprint density at radius 3 is 2.46 bits per heavy atom. The molecule has 3 aromatic heterocycles. The Balaban J connectivity index is 1.71. The van der Waals surface area contributed by atoms with Gasteiger partial charge in [-0.3, -0.25) is 20.2 Å². The molecule has 134 valence electrons. The van der Waals surface area contributed by atoms with Crippen LogP contribution in [0.1, 0.15) is 21.5 Å². The summed E-state index contributed by atoms with van der Waals surface area (Å²) >= 11 is 0. The van der Waals surface area contributed by atoms with Crippen molar-refractivity contribution in [2.75, 3.05) is 0 Å². The SMILES string of the molecule is NNC(=O)c1cc(-c2ccc(C#Cc3cccnc3)cc2)nc2ccncc12. The van der Waals surface area contributed by atoms with E-state index in [0.717, 1.165) is 16.7 Å². The standard InChI is InChI=1S/C22H15N5O/c23-27-22(28)18-12-21(26-20-9-11-25-14-19(18)20)17-7-5-15(6-8-17)3-4-16-2-1-10-24-13-16/h1-2,5-14H,23H2,(H,27,28). The molecule has 4 rings (SSSR count). The van der Waals surface area contributed by atoms with Gasteiger partial charge in [-0.1, -0.05) is 24.0 Å². The van der Waals surface area contributed by atoms with Gasteiger partial charge < -0.3 is 0 Å². The fourth-order valence-corrected chi connectivity index (χ4v) is 2.79. The molecule has 1 amide bonds. The highest BCUT2D eigenvalue weighted by molar-refractivity contribution is 6.06. The fourth-order valence-electron chi connectivity index (χ4n) is 2.79. The molecule has 0 unspecified atom stereocenters. The molecule has 3 N–H and O–H groups in total. The molecule has 4 aromatic rings. The zero-order chi connectivity index (χ0) is 19.3. The maximum atomic E-state index is 12.2. The molecule has 3 heterocycles. The molecule has 0 aliphatic carbocycles. The van der Waals surface area contributed by atoms with Gasteiger partial charge in [0.05, 0.1) is 16.8 Å². The highest BCUT2D eigenvalue weighted by Crippen LogP contribution is 2.24. The maximum absolute atomic E-state index is 12.2. The van der Waals surface area contributed by atoms with Crippen molar-refractivity contribution in [3.8, 4) is 23.1 Å². The molecule has 0 saturated heterocycles. The van der Waals surface area contributed by atoms with Gasteiger partial charge in [0.15, 0.2) is 0 Å². The van der Waals surface area contributed by atoms with Gasteiger partial charge in [-0.15, -0.1) is 0 Å². The van der Waals surface area contributed by atoms with E-state index < -0.39 is 0 Å². The molecule has 0 radical (unpaired) electrons. The van der Waals surface area contributed by atoms with Crippen LogP contribution in [0.3, 0.4) is 0 Å². The van der Waals surface area contributed by atoms with Crippen molar-refractivity contribution < 1.29 is 4.79 Å². The predicted octanol–water partition coefficient (Wildman–Crippen LogP) is 2.70. The molecule has 0 saturated carbocycles. The highest BCUT2D eigenvalue weighted by Gasteiger charge is 2.13. The van der Waals surface area contributed by atoms with Crippen molar-refractivity contribution in [2.45, 2.75) is 0 Å². The van der Waals surface area contributed by atoms with E-state index in [1.807, 2.05) is 36.4 Å². The van der Waals surface area contributed by atoms with E-state index in [4.69, 9.17) is 5.84 Å². The van der Waals surface area contributed by atoms with Gasteiger partial charge in [0.1, 0.15) is 0 Å². The minimum Gasteiger partial charge on any atom is -0.290 e. The number of hydrogen-bond acceptors (Lipinski definition) is 5. The summed E-state index contributed by atoms with van der Waals surface area (Å²) in [6.45, 7) is 0. The van der Waals surface area contributed by atoms with E-state index in [2.05, 4.69) is 32.2 Å². The van der Waals surface area contributed by atoms with Crippen LogP contribution in [0, 0.1) is 11.8 Å². The Hall–Kier alpha value is -4.08. The first-order valence-electron chi connectivity index (χ1n) is 8.53. The summed E-state index contributed by atoms with van der Waals surface area (Å²) in [5.74, 6) is 11.1. The van der Waals surface area contributed by atoms with Gasteiger partial charge in [0.25, 0.3) is 5.91 Å². The summed E-state index contributed by atoms with van der Waals surface area (Å²) in [5.41, 5.74) is 6.55. The number of rotatable bonds is 2. The predicted molar refractivity (Wildman–Crippen MR) is 107 cm³/mol. The Kier molecular flexibility index (Phi) is 4.74. The first kappa shape index (κ1) is 17.3. The van der Waals surface area contributed by atoms with E-state index in [1.54, 1.807) is 36.9 Å². The van der Waals surface area contributed by atoms with Gasteiger partial charge in [-0.05, 0) is 36.4 Å². The van der Waals surface area contributed by atoms with Gasteiger partial charge >= 0.3 is 0 Å². The van der Waals surface area contributed by atoms with Crippen LogP contribution in [0.15, 0.2) is 73.3 Å². The van der Waals surface area contributed by atoms with Crippen molar-refractivity contribution >= 4 is 16.8 Å². The first-order chi connectivity index (χ1) is 13.7. The van der Waals surface area contributed by atoms with E-state index in [1.165, 1.54) is 0 Å². The number of amides is 1. The lowest BCUT2D eigenvalue weighted by Gasteiger charge is -2.08. The van der Waals surface area contributed by atoms with Crippen LogP contribution in [-0.4, -0.2) is 20.9 Å². The van der Waals surface area contributed by atoms with Gasteiger partial charge in [-0.25, -0.2) is 10.8 Å². The largest absolute Gasteiger partial charge is 0.290 e. The zero-order valence-electron chi connectivity index (χ0n) is 14.8. The number of fused-ring (bicyclic) bond motifs is 1. The van der Waals surface area contributed by atoms with Crippen molar-refractivity contribution in [3.05, 3.63) is 90.0 Å². The molecule has 0 fully saturated rings. The van der Waals surface area contributed by atoms with E-state index in [-0.39, 0.29) is 5.91 Å². The monoisotopic (exact) mass is 365 g/mol. The maximum Gasteiger partial charge on any atom is 0.265 e. The lowest BCUT2D eigenvalue weighted by molar-refractivity contribution is 0.0955. The third kappa shape index (κ3) is 3.56. The number of aromatic nitrogens is 3. The fraction of sp³-hybridized carbons (Fsp3) is 0. The Labute approximate surface area is 161 Å². The van der Waals surface area contributed by atoms with Crippen molar-refractivity contribution in [1.82, 2.24) is 20.4 Å². The molecule has 28 heavy (non-hydrogen) atoms. The summed E-state index contributed by atoms with van der Waals surface area (Å²) in [4.78, 5) is 24.9. The van der Waals surface area contributed by atoms with Crippen molar-refractivity contribution in [3.63, 3.8) is 0 Å². The van der Waals surface area contributed by atoms with E-state index in [9.17, 15) is 4.79 Å². The number of hydrogen-bond donors (Lipinski definition) is 2. The van der Waals surface area contributed by atoms with E-state index >= 15 is 0 Å². The topological polar surface area (TPSA) is 93.8 Å². The number of nitrogens with two attached hydrogens (primary N) is 1. The molecular formula is C22H15N5O. The second-order valence-electron chi connectivity index (χ2n) is 5.99. The number of carbonyl (C=O) groups excluding carboxylic acids is 1. The number of hydrazine groups is 1. The molecular weight excluding hydrogens is 350 g/mol. The molecule has 0 aliphatic rings. The molecule has 0 aliphatic heterocycles. The molecule has 0 bridgehead atoms. The van der Waals surface area contributed by atoms with Crippen LogP contribution >= 0.6 is 0 Å². The minimum atomic E-state index is -0.388. The highest BCUT2D eigenvalue weighted by atomic mass is 16.2. The summed E-state index contributed by atoms with van der Waals surface area (Å²) < 4.78 is 0. The number of benzene rings is 1. The van der Waals surface area contributed by atoms with Gasteiger partial charge in [0, 0.05) is 46.9 Å². The molecule has 0 spiro atoms. The average molecular weight is 365 g/mol. The van der Waals surface area contributed by atoms with Gasteiger partial charge in [-0.2, -0.15) is 0 Å². The zero-order valence-corrected chi connectivity index (χ0v) is 14.8. The smallest absolute Gasteiger partial charge is 0.265 e. The van der Waals surface area contributed by atoms with Crippen LogP contribution in [0.4, 0.5) is 0 Å². The van der Waals surface area contributed by atoms with Crippen LogP contribution in [0.25, 0.3) is 22.2 Å². The number of carbonyl (C=O) groups is 1. The first-order valence-corrected chi connectivity index (χ1v) is 8.53. The molecule has 6 nitrogen and oxygen atoms in total. The second-order valence-corrected chi connectivity index (χ2v) is 5.99. The lowest BCUT2D eigenvalue weighted by Crippen LogP contribution is -2.30. The Morgan fingerprint density at radius 2 is 1.71 bits per heavy atom. The normalized spacial score (nSPS) is 10.2. The van der Waals surface area contributed by atoms with Crippen LogP contribution in [0.5, 0.6) is 0 Å². The van der Waals surface area contributed by atoms with E-state index in [0.29, 0.717) is 22.2 Å². The quantitative estimate of drug-likeness (QED) is 0.247. The minimum absolute atomic E-state index is 0.388. The summed E-state index contributed by atoms with van der Waals surface area (Å²) in [6, 6.07) is 14.9. The van der Waals surface area contributed by atoms with Gasteiger partial charge in [0.2, 0.25) is 0 Å². The number of nitrogens with one attached hydrogen (secondary N) is 1. The average Bonchev–Trinajstić information content (AvgIpc) is 2.77. The van der Waals surface area contributed by atoms with Crippen LogP contribution < -0.4 is 11.3 Å². The Bertz CT molecular complexity index is 1210. The van der Waals surface area contributed by atoms with Crippen LogP contribution in [0.2, 0.25) is 0 Å². The second kappa shape index (κ2) is 7.66. The third-order valence-corrected chi connectivity index (χ3v) is 4.18. The molecule has 1 aromatic carbocycles. The summed E-state index contributed by atoms with van der Waals surface area (Å²) in [5, 5.41) is 0.646. The number of pyridine rings is 3. The Morgan fingerprint density at radius 1 is 0.929 bits per heavy atom. The van der Waals surface area contributed by atoms with Crippen LogP contribution in [-0.2, 0) is 0 Å². The molecule has 0 atom stereocenters. The molecule has 6 heteroatoms. The number of nitrogens with zero attached hydrogens (tertiary/aromatic N) is 3. The summed E-state index contributed by atoms with van der Waals surface area (Å²) in [7, 11) is 0. The lowest BCUT2D eigenvalue weighted by atomic mass is 10.0.